The number of methoxy groups -OCH3 is 1. The van der Waals surface area contributed by atoms with Gasteiger partial charge in [0.05, 0.1) is 31.0 Å². The average molecular weight is 610 g/mol. The van der Waals surface area contributed by atoms with E-state index >= 15 is 0 Å². The number of imidazole rings is 1. The maximum absolute atomic E-state index is 13.2. The fourth-order valence-electron chi connectivity index (χ4n) is 5.56. The molecule has 0 aliphatic carbocycles. The zero-order valence-electron chi connectivity index (χ0n) is 25.5. The Labute approximate surface area is 263 Å². The molecule has 2 heterocycles. The van der Waals surface area contributed by atoms with Gasteiger partial charge >= 0.3 is 12.0 Å². The van der Waals surface area contributed by atoms with Gasteiger partial charge in [-0.05, 0) is 22.6 Å². The fraction of sp³-hybridized carbons (Fsp3) is 0.286. The summed E-state index contributed by atoms with van der Waals surface area (Å²) in [7, 11) is 3.04. The SMILES string of the molecule is COC(=O)[C@H](Cc1cn(C(c2ccccc2)(c2ccccc2)c2ccccc2)cn1)NC(=O)N(C)CC1=CNC(C(C)C)S1. The van der Waals surface area contributed by atoms with Crippen LogP contribution in [0.2, 0.25) is 0 Å². The number of ether oxygens (including phenoxy) is 1. The van der Waals surface area contributed by atoms with E-state index in [9.17, 15) is 9.59 Å². The van der Waals surface area contributed by atoms with E-state index in [1.54, 1.807) is 30.0 Å². The quantitative estimate of drug-likeness (QED) is 0.170. The average Bonchev–Trinajstić information content (AvgIpc) is 3.73. The van der Waals surface area contributed by atoms with E-state index in [0.29, 0.717) is 18.2 Å². The summed E-state index contributed by atoms with van der Waals surface area (Å²) in [6.07, 6.45) is 5.88. The van der Waals surface area contributed by atoms with Crippen LogP contribution in [0.3, 0.4) is 0 Å². The fourth-order valence-corrected chi connectivity index (χ4v) is 6.70. The zero-order chi connectivity index (χ0) is 31.1. The number of rotatable bonds is 11. The summed E-state index contributed by atoms with van der Waals surface area (Å²) in [6, 6.07) is 29.6. The molecule has 8 nitrogen and oxygen atoms in total. The van der Waals surface area contributed by atoms with Crippen LogP contribution in [0.1, 0.15) is 36.2 Å². The predicted octanol–water partition coefficient (Wildman–Crippen LogP) is 5.61. The molecule has 228 valence electrons. The summed E-state index contributed by atoms with van der Waals surface area (Å²) in [5.41, 5.74) is 3.11. The molecular formula is C35H39N5O3S. The third kappa shape index (κ3) is 6.53. The van der Waals surface area contributed by atoms with Crippen molar-refractivity contribution < 1.29 is 14.3 Å². The first-order valence-corrected chi connectivity index (χ1v) is 15.6. The number of benzene rings is 3. The molecule has 9 heteroatoms. The molecule has 2 amide bonds. The molecule has 1 aliphatic heterocycles. The van der Waals surface area contributed by atoms with Crippen LogP contribution in [0.25, 0.3) is 0 Å². The summed E-state index contributed by atoms with van der Waals surface area (Å²) in [6.45, 7) is 4.75. The summed E-state index contributed by atoms with van der Waals surface area (Å²) in [4.78, 5) is 33.5. The normalized spacial score (nSPS) is 15.3. The van der Waals surface area contributed by atoms with Gasteiger partial charge < -0.3 is 24.8 Å². The first kappa shape index (κ1) is 30.9. The van der Waals surface area contributed by atoms with Crippen molar-refractivity contribution in [3.8, 4) is 0 Å². The first-order valence-electron chi connectivity index (χ1n) is 14.7. The van der Waals surface area contributed by atoms with Gasteiger partial charge in [0.1, 0.15) is 11.6 Å². The second-order valence-electron chi connectivity index (χ2n) is 11.2. The van der Waals surface area contributed by atoms with Crippen molar-refractivity contribution in [2.45, 2.75) is 37.2 Å². The zero-order valence-corrected chi connectivity index (χ0v) is 26.3. The molecule has 0 spiro atoms. The van der Waals surface area contributed by atoms with Gasteiger partial charge in [-0.2, -0.15) is 0 Å². The molecule has 3 aromatic carbocycles. The van der Waals surface area contributed by atoms with Gasteiger partial charge in [-0.1, -0.05) is 105 Å². The van der Waals surface area contributed by atoms with E-state index in [4.69, 9.17) is 9.72 Å². The Morgan fingerprint density at radius 2 is 1.52 bits per heavy atom. The third-order valence-corrected chi connectivity index (χ3v) is 9.31. The number of carbonyl (C=O) groups excluding carboxylic acids is 2. The van der Waals surface area contributed by atoms with E-state index in [0.717, 1.165) is 21.6 Å². The Bertz CT molecular complexity index is 1480. The molecule has 0 fully saturated rings. The van der Waals surface area contributed by atoms with Gasteiger partial charge in [-0.3, -0.25) is 0 Å². The number of hydrogen-bond acceptors (Lipinski definition) is 6. The van der Waals surface area contributed by atoms with Crippen LogP contribution in [0.15, 0.2) is 115 Å². The molecule has 44 heavy (non-hydrogen) atoms. The van der Waals surface area contributed by atoms with Crippen LogP contribution in [-0.4, -0.2) is 58.6 Å². The number of amides is 2. The van der Waals surface area contributed by atoms with Crippen LogP contribution < -0.4 is 10.6 Å². The van der Waals surface area contributed by atoms with Crippen LogP contribution >= 0.6 is 11.8 Å². The number of nitrogens with one attached hydrogen (secondary N) is 2. The van der Waals surface area contributed by atoms with Crippen molar-refractivity contribution in [2.24, 2.45) is 5.92 Å². The number of likely N-dealkylation sites (N-methyl/N-ethyl adjacent to an activating group) is 1. The lowest BCUT2D eigenvalue weighted by atomic mass is 9.77. The second kappa shape index (κ2) is 13.9. The molecule has 2 N–H and O–H groups in total. The molecule has 0 saturated heterocycles. The van der Waals surface area contributed by atoms with Crippen molar-refractivity contribution in [3.63, 3.8) is 0 Å². The molecule has 1 aliphatic rings. The lowest BCUT2D eigenvalue weighted by molar-refractivity contribution is -0.142. The topological polar surface area (TPSA) is 88.5 Å². The first-order chi connectivity index (χ1) is 21.3. The highest BCUT2D eigenvalue weighted by Crippen LogP contribution is 2.40. The summed E-state index contributed by atoms with van der Waals surface area (Å²) < 4.78 is 7.18. The third-order valence-electron chi connectivity index (χ3n) is 7.83. The molecular weight excluding hydrogens is 570 g/mol. The highest BCUT2D eigenvalue weighted by Gasteiger charge is 2.38. The maximum atomic E-state index is 13.2. The van der Waals surface area contributed by atoms with Crippen molar-refractivity contribution in [3.05, 3.63) is 137 Å². The van der Waals surface area contributed by atoms with Gasteiger partial charge in [0.15, 0.2) is 0 Å². The van der Waals surface area contributed by atoms with Crippen LogP contribution in [0, 0.1) is 5.92 Å². The minimum Gasteiger partial charge on any atom is -0.467 e. The molecule has 1 unspecified atom stereocenters. The van der Waals surface area contributed by atoms with Gasteiger partial charge in [0.2, 0.25) is 0 Å². The number of nitrogens with zero attached hydrogens (tertiary/aromatic N) is 3. The highest BCUT2D eigenvalue weighted by molar-refractivity contribution is 8.03. The van der Waals surface area contributed by atoms with Gasteiger partial charge in [0.25, 0.3) is 0 Å². The summed E-state index contributed by atoms with van der Waals surface area (Å²) in [5.74, 6) is -0.0708. The number of hydrogen-bond donors (Lipinski definition) is 2. The van der Waals surface area contributed by atoms with E-state index in [1.807, 2.05) is 67.0 Å². The van der Waals surface area contributed by atoms with Gasteiger partial charge in [-0.25, -0.2) is 14.6 Å². The maximum Gasteiger partial charge on any atom is 0.328 e. The second-order valence-corrected chi connectivity index (χ2v) is 12.5. The Morgan fingerprint density at radius 3 is 2.00 bits per heavy atom. The summed E-state index contributed by atoms with van der Waals surface area (Å²) in [5, 5.41) is 6.52. The molecule has 4 aromatic rings. The minimum atomic E-state index is -0.912. The van der Waals surface area contributed by atoms with Gasteiger partial charge in [-0.15, -0.1) is 11.8 Å². The molecule has 1 aromatic heterocycles. The number of urea groups is 1. The number of aromatic nitrogens is 2. The number of esters is 1. The monoisotopic (exact) mass is 609 g/mol. The summed E-state index contributed by atoms with van der Waals surface area (Å²) >= 11 is 1.72. The van der Waals surface area contributed by atoms with E-state index < -0.39 is 17.6 Å². The molecule has 5 rings (SSSR count). The Balaban J connectivity index is 1.43. The lowest BCUT2D eigenvalue weighted by Gasteiger charge is -2.37. The van der Waals surface area contributed by atoms with E-state index in [-0.39, 0.29) is 17.8 Å². The van der Waals surface area contributed by atoms with Crippen LogP contribution in [-0.2, 0) is 21.5 Å². The molecule has 0 saturated carbocycles. The van der Waals surface area contributed by atoms with E-state index in [2.05, 4.69) is 65.4 Å². The van der Waals surface area contributed by atoms with Crippen LogP contribution in [0.5, 0.6) is 0 Å². The largest absolute Gasteiger partial charge is 0.467 e. The highest BCUT2D eigenvalue weighted by atomic mass is 32.2. The van der Waals surface area contributed by atoms with Crippen molar-refractivity contribution in [1.82, 2.24) is 25.1 Å². The minimum absolute atomic E-state index is 0.169. The molecule has 0 bridgehead atoms. The number of thioether (sulfide) groups is 1. The molecule has 2 atom stereocenters. The van der Waals surface area contributed by atoms with Crippen molar-refractivity contribution >= 4 is 23.8 Å². The Hall–Kier alpha value is -4.50. The van der Waals surface area contributed by atoms with E-state index in [1.165, 1.54) is 7.11 Å². The molecule has 0 radical (unpaired) electrons. The Kier molecular flexibility index (Phi) is 9.75. The Morgan fingerprint density at radius 1 is 0.977 bits per heavy atom. The predicted molar refractivity (Wildman–Crippen MR) is 175 cm³/mol. The van der Waals surface area contributed by atoms with Gasteiger partial charge in [0, 0.05) is 30.8 Å². The van der Waals surface area contributed by atoms with Crippen LogP contribution in [0.4, 0.5) is 4.79 Å². The smallest absolute Gasteiger partial charge is 0.328 e. The van der Waals surface area contributed by atoms with Crippen molar-refractivity contribution in [1.29, 1.82) is 0 Å². The standard InChI is InChI=1S/C35H39N5O3S/c1-25(2)32-36-21-30(44-32)23-39(3)34(42)38-31(33(41)43-4)20-29-22-40(24-37-29)35(26-14-8-5-9-15-26,27-16-10-6-11-17-27)28-18-12-7-13-19-28/h5-19,21-22,24-25,31-32,36H,20,23H2,1-4H3,(H,38,42)/t31-,32?/m0/s1. The number of carbonyl (C=O) groups is 2. The van der Waals surface area contributed by atoms with Crippen molar-refractivity contribution in [2.75, 3.05) is 20.7 Å². The lowest BCUT2D eigenvalue weighted by Crippen LogP contribution is -2.48.